The zero-order valence-electron chi connectivity index (χ0n) is 10.8. The molecule has 0 saturated heterocycles. The molecule has 1 aromatic heterocycles. The van der Waals surface area contributed by atoms with Crippen LogP contribution in [0.5, 0.6) is 5.75 Å². The Morgan fingerprint density at radius 3 is 2.63 bits per heavy atom. The minimum Gasteiger partial charge on any atom is -0.497 e. The molecular formula is C12H16N4O2S. The van der Waals surface area contributed by atoms with Crippen LogP contribution in [0, 0.1) is 0 Å². The molecule has 102 valence electrons. The van der Waals surface area contributed by atoms with Crippen LogP contribution in [0.1, 0.15) is 10.8 Å². The molecule has 0 fully saturated rings. The number of nitrogens with two attached hydrogens (primary N) is 1. The third-order valence-electron chi connectivity index (χ3n) is 2.79. The minimum absolute atomic E-state index is 0.0415. The summed E-state index contributed by atoms with van der Waals surface area (Å²) in [6.07, 6.45) is 0. The Morgan fingerprint density at radius 1 is 1.47 bits per heavy atom. The van der Waals surface area contributed by atoms with E-state index >= 15 is 0 Å². The van der Waals surface area contributed by atoms with Gasteiger partial charge in [0.2, 0.25) is 0 Å². The lowest BCUT2D eigenvalue weighted by molar-refractivity contribution is 0.414. The van der Waals surface area contributed by atoms with E-state index < -0.39 is 0 Å². The van der Waals surface area contributed by atoms with E-state index in [0.717, 1.165) is 11.3 Å². The number of aromatic amines is 1. The van der Waals surface area contributed by atoms with Gasteiger partial charge in [-0.1, -0.05) is 23.9 Å². The lowest BCUT2D eigenvalue weighted by Crippen LogP contribution is -2.14. The number of benzene rings is 1. The van der Waals surface area contributed by atoms with Crippen LogP contribution in [0.15, 0.2) is 34.2 Å². The maximum Gasteiger partial charge on any atom is 0.343 e. The average molecular weight is 280 g/mol. The highest BCUT2D eigenvalue weighted by Gasteiger charge is 2.15. The smallest absolute Gasteiger partial charge is 0.343 e. The molecule has 1 unspecified atom stereocenters. The number of H-pyrrole nitrogens is 1. The third-order valence-corrected chi connectivity index (χ3v) is 4.11. The van der Waals surface area contributed by atoms with Crippen molar-refractivity contribution >= 4 is 11.8 Å². The molecule has 1 heterocycles. The molecule has 0 saturated carbocycles. The minimum atomic E-state index is -0.229. The summed E-state index contributed by atoms with van der Waals surface area (Å²) in [4.78, 5) is 11.3. The first-order valence-electron chi connectivity index (χ1n) is 5.77. The van der Waals surface area contributed by atoms with Crippen molar-refractivity contribution < 1.29 is 4.74 Å². The molecule has 1 atom stereocenters. The molecule has 19 heavy (non-hydrogen) atoms. The summed E-state index contributed by atoms with van der Waals surface area (Å²) in [7, 11) is 3.30. The Morgan fingerprint density at radius 2 is 2.16 bits per heavy atom. The van der Waals surface area contributed by atoms with Crippen molar-refractivity contribution in [3.63, 3.8) is 0 Å². The molecule has 1 aromatic carbocycles. The van der Waals surface area contributed by atoms with E-state index in [9.17, 15) is 4.79 Å². The van der Waals surface area contributed by atoms with E-state index in [-0.39, 0.29) is 10.9 Å². The number of rotatable bonds is 5. The van der Waals surface area contributed by atoms with Crippen LogP contribution in [0.3, 0.4) is 0 Å². The number of aromatic nitrogens is 3. The first-order valence-corrected chi connectivity index (χ1v) is 6.65. The van der Waals surface area contributed by atoms with Gasteiger partial charge in [-0.2, -0.15) is 0 Å². The van der Waals surface area contributed by atoms with E-state index in [0.29, 0.717) is 11.7 Å². The zero-order valence-corrected chi connectivity index (χ0v) is 11.6. The van der Waals surface area contributed by atoms with Crippen LogP contribution in [0.25, 0.3) is 0 Å². The number of nitrogens with zero attached hydrogens (tertiary/aromatic N) is 2. The Labute approximate surface area is 115 Å². The van der Waals surface area contributed by atoms with Crippen LogP contribution in [0.4, 0.5) is 0 Å². The molecule has 0 bridgehead atoms. The fourth-order valence-corrected chi connectivity index (χ4v) is 2.62. The number of nitrogens with one attached hydrogen (secondary N) is 1. The number of thioether (sulfide) groups is 1. The van der Waals surface area contributed by atoms with Crippen molar-refractivity contribution in [1.29, 1.82) is 0 Å². The molecule has 0 amide bonds. The molecule has 0 spiro atoms. The van der Waals surface area contributed by atoms with Gasteiger partial charge >= 0.3 is 5.69 Å². The second kappa shape index (κ2) is 5.94. The SMILES string of the molecule is COc1ccc(C(CN)Sc2n[nH]c(=O)n2C)cc1. The van der Waals surface area contributed by atoms with E-state index in [1.807, 2.05) is 24.3 Å². The molecule has 3 N–H and O–H groups in total. The van der Waals surface area contributed by atoms with Gasteiger partial charge in [0.15, 0.2) is 5.16 Å². The van der Waals surface area contributed by atoms with E-state index in [2.05, 4.69) is 10.2 Å². The summed E-state index contributed by atoms with van der Waals surface area (Å²) in [6, 6.07) is 7.71. The fraction of sp³-hybridized carbons (Fsp3) is 0.333. The molecule has 0 aliphatic heterocycles. The van der Waals surface area contributed by atoms with Gasteiger partial charge in [0, 0.05) is 18.8 Å². The first-order chi connectivity index (χ1) is 9.15. The van der Waals surface area contributed by atoms with Gasteiger partial charge in [-0.15, -0.1) is 5.10 Å². The topological polar surface area (TPSA) is 85.9 Å². The molecule has 0 radical (unpaired) electrons. The lowest BCUT2D eigenvalue weighted by atomic mass is 10.1. The maximum absolute atomic E-state index is 11.3. The van der Waals surface area contributed by atoms with Crippen molar-refractivity contribution in [2.75, 3.05) is 13.7 Å². The normalized spacial score (nSPS) is 12.4. The van der Waals surface area contributed by atoms with E-state index in [1.165, 1.54) is 16.3 Å². The quantitative estimate of drug-likeness (QED) is 0.795. The maximum atomic E-state index is 11.3. The molecule has 0 aliphatic rings. The highest BCUT2D eigenvalue weighted by Crippen LogP contribution is 2.33. The third kappa shape index (κ3) is 2.99. The van der Waals surface area contributed by atoms with Gasteiger partial charge in [0.05, 0.1) is 7.11 Å². The predicted molar refractivity (Wildman–Crippen MR) is 74.5 cm³/mol. The van der Waals surface area contributed by atoms with Crippen molar-refractivity contribution in [1.82, 2.24) is 14.8 Å². The average Bonchev–Trinajstić information content (AvgIpc) is 2.76. The fourth-order valence-electron chi connectivity index (χ4n) is 1.64. The van der Waals surface area contributed by atoms with Gasteiger partial charge in [0.1, 0.15) is 5.75 Å². The van der Waals surface area contributed by atoms with Gasteiger partial charge in [-0.25, -0.2) is 9.89 Å². The summed E-state index contributed by atoms with van der Waals surface area (Å²) in [5.74, 6) is 0.802. The van der Waals surface area contributed by atoms with Gasteiger partial charge < -0.3 is 10.5 Å². The van der Waals surface area contributed by atoms with Crippen molar-refractivity contribution in [2.45, 2.75) is 10.4 Å². The Kier molecular flexibility index (Phi) is 4.28. The standard InChI is InChI=1S/C12H16N4O2S/c1-16-11(17)14-15-12(16)19-10(7-13)8-3-5-9(18-2)6-4-8/h3-6,10H,7,13H2,1-2H3,(H,14,17). The Bertz CT molecular complexity index is 591. The molecule has 7 heteroatoms. The summed E-state index contributed by atoms with van der Waals surface area (Å²) in [5.41, 5.74) is 6.65. The summed E-state index contributed by atoms with van der Waals surface area (Å²) < 4.78 is 6.59. The Hall–Kier alpha value is -1.73. The number of hydrogen-bond acceptors (Lipinski definition) is 5. The summed E-state index contributed by atoms with van der Waals surface area (Å²) in [6.45, 7) is 0.456. The zero-order chi connectivity index (χ0) is 13.8. The molecule has 2 rings (SSSR count). The predicted octanol–water partition coefficient (Wildman–Crippen LogP) is 0.909. The number of methoxy groups -OCH3 is 1. The Balaban J connectivity index is 2.19. The number of ether oxygens (including phenoxy) is 1. The van der Waals surface area contributed by atoms with Crippen LogP contribution in [0.2, 0.25) is 0 Å². The van der Waals surface area contributed by atoms with Gasteiger partial charge in [0.25, 0.3) is 0 Å². The molecular weight excluding hydrogens is 264 g/mol. The van der Waals surface area contributed by atoms with Crippen LogP contribution in [-0.4, -0.2) is 28.4 Å². The number of hydrogen-bond donors (Lipinski definition) is 2. The van der Waals surface area contributed by atoms with Gasteiger partial charge in [-0.05, 0) is 17.7 Å². The highest BCUT2D eigenvalue weighted by molar-refractivity contribution is 7.99. The molecule has 6 nitrogen and oxygen atoms in total. The summed E-state index contributed by atoms with van der Waals surface area (Å²) >= 11 is 1.46. The largest absolute Gasteiger partial charge is 0.497 e. The monoisotopic (exact) mass is 280 g/mol. The second-order valence-electron chi connectivity index (χ2n) is 3.99. The van der Waals surface area contributed by atoms with Crippen molar-refractivity contribution in [3.8, 4) is 5.75 Å². The van der Waals surface area contributed by atoms with Crippen molar-refractivity contribution in [3.05, 3.63) is 40.3 Å². The molecule has 0 aliphatic carbocycles. The van der Waals surface area contributed by atoms with Crippen LogP contribution < -0.4 is 16.2 Å². The van der Waals surface area contributed by atoms with Gasteiger partial charge in [-0.3, -0.25) is 4.57 Å². The highest BCUT2D eigenvalue weighted by atomic mass is 32.2. The van der Waals surface area contributed by atoms with Crippen LogP contribution in [-0.2, 0) is 7.05 Å². The lowest BCUT2D eigenvalue weighted by Gasteiger charge is -2.14. The van der Waals surface area contributed by atoms with Crippen LogP contribution >= 0.6 is 11.8 Å². The van der Waals surface area contributed by atoms with Crippen molar-refractivity contribution in [2.24, 2.45) is 12.8 Å². The first kappa shape index (κ1) is 13.7. The summed E-state index contributed by atoms with van der Waals surface area (Å²) in [5, 5.41) is 7.05. The van der Waals surface area contributed by atoms with E-state index in [4.69, 9.17) is 10.5 Å². The second-order valence-corrected chi connectivity index (χ2v) is 5.16. The van der Waals surface area contributed by atoms with E-state index in [1.54, 1.807) is 14.2 Å². The molecule has 2 aromatic rings.